The van der Waals surface area contributed by atoms with E-state index < -0.39 is 24.0 Å². The molecular weight excluding hydrogens is 566 g/mol. The average molecular weight is 588 g/mol. The second-order valence-corrected chi connectivity index (χ2v) is 9.49. The van der Waals surface area contributed by atoms with Crippen LogP contribution < -0.4 is 18.9 Å². The molecule has 0 bridgehead atoms. The van der Waals surface area contributed by atoms with Crippen molar-refractivity contribution in [2.75, 3.05) is 0 Å². The first kappa shape index (κ1) is 27.9. The Kier molecular flexibility index (Phi) is 7.82. The fraction of sp³-hybridized carbons (Fsp3) is 0.0606. The Labute approximate surface area is 250 Å². The Morgan fingerprint density at radius 2 is 1.18 bits per heavy atom. The largest absolute Gasteiger partial charge is 0.484 e. The second-order valence-electron chi connectivity index (χ2n) is 9.49. The first-order valence-electron chi connectivity index (χ1n) is 13.3. The number of carbonyl (C=O) groups excluding carboxylic acids is 4. The van der Waals surface area contributed by atoms with E-state index in [1.165, 1.54) is 55.2 Å². The van der Waals surface area contributed by atoms with Crippen molar-refractivity contribution in [1.82, 2.24) is 15.0 Å². The molecule has 0 amide bonds. The maximum Gasteiger partial charge on any atom is 0.345 e. The molecule has 2 aromatic carbocycles. The smallest absolute Gasteiger partial charge is 0.345 e. The highest BCUT2D eigenvalue weighted by molar-refractivity contribution is 6.04. The molecule has 0 spiro atoms. The first-order valence-corrected chi connectivity index (χ1v) is 13.3. The summed E-state index contributed by atoms with van der Waals surface area (Å²) in [5.41, 5.74) is 1.30. The monoisotopic (exact) mass is 587 g/mol. The number of pyridine rings is 3. The first-order chi connectivity index (χ1) is 21.4. The standard InChI is InChI=1S/C33H21N3O8/c37-26-16-27(20-7-9-24(10-8-20)41-31(38)21-4-1-11-34-17-21)43-28-14-25(42-32(39)22-5-2-12-35-18-22)15-29(30(26)28)44-33(40)23-6-3-13-36-19-23/h1-15,17-19,27H,16H2. The van der Waals surface area contributed by atoms with Crippen LogP contribution in [0, 0.1) is 0 Å². The van der Waals surface area contributed by atoms with Gasteiger partial charge in [-0.15, -0.1) is 0 Å². The number of aromatic nitrogens is 3. The molecule has 0 aliphatic carbocycles. The minimum Gasteiger partial charge on any atom is -0.484 e. The van der Waals surface area contributed by atoms with Gasteiger partial charge < -0.3 is 18.9 Å². The van der Waals surface area contributed by atoms with E-state index in [4.69, 9.17) is 18.9 Å². The summed E-state index contributed by atoms with van der Waals surface area (Å²) in [6.07, 6.45) is 7.84. The van der Waals surface area contributed by atoms with Crippen molar-refractivity contribution in [1.29, 1.82) is 0 Å². The van der Waals surface area contributed by atoms with Gasteiger partial charge in [-0.05, 0) is 54.1 Å². The SMILES string of the molecule is O=C(Oc1ccc(C2CC(=O)c3c(OC(=O)c4cccnc4)cc(OC(=O)c4cccnc4)cc3O2)cc1)c1cccnc1. The molecule has 3 aromatic heterocycles. The Hall–Kier alpha value is -6.23. The molecule has 1 aliphatic rings. The van der Waals surface area contributed by atoms with Crippen LogP contribution in [0.3, 0.4) is 0 Å². The van der Waals surface area contributed by atoms with Gasteiger partial charge in [-0.3, -0.25) is 19.7 Å². The fourth-order valence-corrected chi connectivity index (χ4v) is 4.42. The molecule has 0 fully saturated rings. The van der Waals surface area contributed by atoms with Crippen LogP contribution in [0.2, 0.25) is 0 Å². The van der Waals surface area contributed by atoms with Crippen LogP contribution in [-0.2, 0) is 0 Å². The topological polar surface area (TPSA) is 144 Å². The van der Waals surface area contributed by atoms with Crippen molar-refractivity contribution in [2.45, 2.75) is 12.5 Å². The van der Waals surface area contributed by atoms with E-state index in [1.807, 2.05) is 0 Å². The van der Waals surface area contributed by atoms with Gasteiger partial charge in [0.15, 0.2) is 5.78 Å². The summed E-state index contributed by atoms with van der Waals surface area (Å²) in [7, 11) is 0. The number of esters is 3. The van der Waals surface area contributed by atoms with E-state index in [0.717, 1.165) is 0 Å². The molecule has 216 valence electrons. The fourth-order valence-electron chi connectivity index (χ4n) is 4.42. The van der Waals surface area contributed by atoms with Gasteiger partial charge in [0.25, 0.3) is 0 Å². The van der Waals surface area contributed by atoms with Gasteiger partial charge in [-0.2, -0.15) is 0 Å². The lowest BCUT2D eigenvalue weighted by molar-refractivity contribution is 0.0713. The number of ketones is 1. The number of rotatable bonds is 7. The van der Waals surface area contributed by atoms with Gasteiger partial charge in [-0.1, -0.05) is 12.1 Å². The summed E-state index contributed by atoms with van der Waals surface area (Å²) in [5.74, 6) is -2.19. The summed E-state index contributed by atoms with van der Waals surface area (Å²) >= 11 is 0. The normalized spacial score (nSPS) is 13.6. The second kappa shape index (κ2) is 12.3. The maximum atomic E-state index is 13.5. The number of carbonyl (C=O) groups is 4. The molecule has 11 nitrogen and oxygen atoms in total. The van der Waals surface area contributed by atoms with Crippen molar-refractivity contribution in [3.63, 3.8) is 0 Å². The van der Waals surface area contributed by atoms with E-state index in [-0.39, 0.29) is 46.1 Å². The van der Waals surface area contributed by atoms with E-state index in [9.17, 15) is 19.2 Å². The highest BCUT2D eigenvalue weighted by atomic mass is 16.6. The van der Waals surface area contributed by atoms with E-state index in [0.29, 0.717) is 16.9 Å². The number of Topliss-reactive ketones (excluding diaryl/α,β-unsaturated/α-hetero) is 1. The molecule has 44 heavy (non-hydrogen) atoms. The van der Waals surface area contributed by atoms with Crippen molar-refractivity contribution in [3.05, 3.63) is 138 Å². The van der Waals surface area contributed by atoms with Crippen molar-refractivity contribution < 1.29 is 38.1 Å². The summed E-state index contributed by atoms with van der Waals surface area (Å²) in [5, 5.41) is 0. The minimum absolute atomic E-state index is 0.0160. The lowest BCUT2D eigenvalue weighted by Crippen LogP contribution is -2.22. The number of benzene rings is 2. The molecule has 5 aromatic rings. The van der Waals surface area contributed by atoms with Crippen molar-refractivity contribution >= 4 is 23.7 Å². The number of fused-ring (bicyclic) bond motifs is 1. The van der Waals surface area contributed by atoms with Crippen LogP contribution in [0.1, 0.15) is 59.5 Å². The summed E-state index contributed by atoms with van der Waals surface area (Å²) in [6.45, 7) is 0. The highest BCUT2D eigenvalue weighted by Gasteiger charge is 2.33. The molecular formula is C33H21N3O8. The molecule has 0 N–H and O–H groups in total. The number of hydrogen-bond acceptors (Lipinski definition) is 11. The van der Waals surface area contributed by atoms with Crippen molar-refractivity contribution in [2.24, 2.45) is 0 Å². The lowest BCUT2D eigenvalue weighted by Gasteiger charge is -2.27. The quantitative estimate of drug-likeness (QED) is 0.182. The Morgan fingerprint density at radius 1 is 0.659 bits per heavy atom. The Balaban J connectivity index is 1.27. The number of ether oxygens (including phenoxy) is 4. The van der Waals surface area contributed by atoms with Gasteiger partial charge in [-0.25, -0.2) is 14.4 Å². The molecule has 0 saturated heterocycles. The molecule has 11 heteroatoms. The van der Waals surface area contributed by atoms with E-state index in [2.05, 4.69) is 15.0 Å². The third kappa shape index (κ3) is 6.16. The number of nitrogens with zero attached hydrogens (tertiary/aromatic N) is 3. The summed E-state index contributed by atoms with van der Waals surface area (Å²) in [6, 6.07) is 18.6. The molecule has 4 heterocycles. The highest BCUT2D eigenvalue weighted by Crippen LogP contribution is 2.43. The van der Waals surface area contributed by atoms with Crippen LogP contribution in [-0.4, -0.2) is 38.6 Å². The zero-order chi connectivity index (χ0) is 30.5. The zero-order valence-electron chi connectivity index (χ0n) is 22.8. The zero-order valence-corrected chi connectivity index (χ0v) is 22.8. The minimum atomic E-state index is -0.762. The van der Waals surface area contributed by atoms with Gasteiger partial charge >= 0.3 is 17.9 Å². The average Bonchev–Trinajstić information content (AvgIpc) is 3.06. The van der Waals surface area contributed by atoms with Crippen LogP contribution in [0.15, 0.2) is 110 Å². The summed E-state index contributed by atoms with van der Waals surface area (Å²) in [4.78, 5) is 63.2. The molecule has 6 rings (SSSR count). The predicted molar refractivity (Wildman–Crippen MR) is 153 cm³/mol. The van der Waals surface area contributed by atoms with Crippen LogP contribution >= 0.6 is 0 Å². The van der Waals surface area contributed by atoms with Crippen LogP contribution in [0.5, 0.6) is 23.0 Å². The molecule has 1 aliphatic heterocycles. The predicted octanol–water partition coefficient (Wildman–Crippen LogP) is 5.24. The van der Waals surface area contributed by atoms with E-state index in [1.54, 1.807) is 54.7 Å². The van der Waals surface area contributed by atoms with Gasteiger partial charge in [0, 0.05) is 49.3 Å². The Morgan fingerprint density at radius 3 is 1.70 bits per heavy atom. The maximum absolute atomic E-state index is 13.5. The van der Waals surface area contributed by atoms with Gasteiger partial charge in [0.05, 0.1) is 23.1 Å². The van der Waals surface area contributed by atoms with Crippen LogP contribution in [0.25, 0.3) is 0 Å². The van der Waals surface area contributed by atoms with Gasteiger partial charge in [0.2, 0.25) is 0 Å². The van der Waals surface area contributed by atoms with E-state index >= 15 is 0 Å². The Bertz CT molecular complexity index is 1850. The molecule has 0 radical (unpaired) electrons. The van der Waals surface area contributed by atoms with Crippen LogP contribution in [0.4, 0.5) is 0 Å². The molecule has 0 saturated carbocycles. The lowest BCUT2D eigenvalue weighted by atomic mass is 9.95. The van der Waals surface area contributed by atoms with Crippen molar-refractivity contribution in [3.8, 4) is 23.0 Å². The third-order valence-electron chi connectivity index (χ3n) is 6.53. The summed E-state index contributed by atoms with van der Waals surface area (Å²) < 4.78 is 22.7. The number of hydrogen-bond donors (Lipinski definition) is 0. The van der Waals surface area contributed by atoms with Gasteiger partial charge in [0.1, 0.15) is 34.7 Å². The molecule has 1 unspecified atom stereocenters. The third-order valence-corrected chi connectivity index (χ3v) is 6.53. The molecule has 1 atom stereocenters.